The number of esters is 2. The normalized spacial score (nSPS) is 13.6. The van der Waals surface area contributed by atoms with E-state index in [1.807, 2.05) is 68.4 Å². The molecule has 0 radical (unpaired) electrons. The SMILES string of the molecule is CCC(C)(CCCC(C)(C)c1ccc(OC(=O)/C=C/c2ccccc2)cc1)C(=O)OC. The van der Waals surface area contributed by atoms with E-state index in [0.717, 1.165) is 31.2 Å². The summed E-state index contributed by atoms with van der Waals surface area (Å²) in [5.74, 6) is -0.0238. The van der Waals surface area contributed by atoms with E-state index in [1.54, 1.807) is 6.08 Å². The van der Waals surface area contributed by atoms with E-state index < -0.39 is 11.4 Å². The Bertz CT molecular complexity index is 881. The van der Waals surface area contributed by atoms with E-state index in [-0.39, 0.29) is 11.4 Å². The lowest BCUT2D eigenvalue weighted by molar-refractivity contribution is -0.152. The van der Waals surface area contributed by atoms with Gasteiger partial charge in [-0.25, -0.2) is 4.79 Å². The Morgan fingerprint density at radius 3 is 2.16 bits per heavy atom. The summed E-state index contributed by atoms with van der Waals surface area (Å²) in [5, 5.41) is 0. The number of rotatable bonds is 10. The van der Waals surface area contributed by atoms with Crippen molar-refractivity contribution in [1.82, 2.24) is 0 Å². The van der Waals surface area contributed by atoms with Crippen LogP contribution in [-0.2, 0) is 19.7 Å². The first-order chi connectivity index (χ1) is 14.7. The van der Waals surface area contributed by atoms with Gasteiger partial charge in [0.2, 0.25) is 0 Å². The van der Waals surface area contributed by atoms with Gasteiger partial charge in [-0.05, 0) is 60.9 Å². The number of methoxy groups -OCH3 is 1. The van der Waals surface area contributed by atoms with Crippen molar-refractivity contribution < 1.29 is 19.1 Å². The third-order valence-corrected chi connectivity index (χ3v) is 6.05. The van der Waals surface area contributed by atoms with Crippen LogP contribution in [0.1, 0.15) is 64.5 Å². The maximum Gasteiger partial charge on any atom is 0.336 e. The van der Waals surface area contributed by atoms with Gasteiger partial charge in [-0.15, -0.1) is 0 Å². The van der Waals surface area contributed by atoms with Crippen molar-refractivity contribution in [3.63, 3.8) is 0 Å². The first-order valence-corrected chi connectivity index (χ1v) is 10.8. The van der Waals surface area contributed by atoms with Crippen molar-refractivity contribution in [2.24, 2.45) is 5.41 Å². The van der Waals surface area contributed by atoms with Gasteiger partial charge < -0.3 is 9.47 Å². The molecule has 0 spiro atoms. The van der Waals surface area contributed by atoms with Crippen LogP contribution >= 0.6 is 0 Å². The van der Waals surface area contributed by atoms with Gasteiger partial charge in [0, 0.05) is 6.08 Å². The molecule has 166 valence electrons. The van der Waals surface area contributed by atoms with E-state index in [2.05, 4.69) is 13.8 Å². The van der Waals surface area contributed by atoms with Crippen LogP contribution < -0.4 is 4.74 Å². The molecule has 4 nitrogen and oxygen atoms in total. The molecule has 0 amide bonds. The van der Waals surface area contributed by atoms with Gasteiger partial charge in [-0.3, -0.25) is 4.79 Å². The van der Waals surface area contributed by atoms with Crippen LogP contribution in [-0.4, -0.2) is 19.0 Å². The molecule has 0 saturated heterocycles. The van der Waals surface area contributed by atoms with E-state index >= 15 is 0 Å². The molecular weight excluding hydrogens is 388 g/mol. The van der Waals surface area contributed by atoms with Gasteiger partial charge in [-0.2, -0.15) is 0 Å². The smallest absolute Gasteiger partial charge is 0.336 e. The van der Waals surface area contributed by atoms with Gasteiger partial charge in [0.05, 0.1) is 12.5 Å². The fourth-order valence-corrected chi connectivity index (χ4v) is 3.59. The summed E-state index contributed by atoms with van der Waals surface area (Å²) in [4.78, 5) is 24.1. The fourth-order valence-electron chi connectivity index (χ4n) is 3.59. The van der Waals surface area contributed by atoms with Crippen molar-refractivity contribution in [2.45, 2.75) is 58.8 Å². The van der Waals surface area contributed by atoms with Crippen molar-refractivity contribution in [3.05, 3.63) is 71.8 Å². The summed E-state index contributed by atoms with van der Waals surface area (Å²) in [6.07, 6.45) is 6.59. The summed E-state index contributed by atoms with van der Waals surface area (Å²) in [7, 11) is 1.45. The molecule has 2 aromatic carbocycles. The molecule has 0 N–H and O–H groups in total. The molecule has 0 aliphatic heterocycles. The maximum absolute atomic E-state index is 12.1. The maximum atomic E-state index is 12.1. The molecule has 0 bridgehead atoms. The van der Waals surface area contributed by atoms with Gasteiger partial charge in [0.25, 0.3) is 0 Å². The molecule has 0 aromatic heterocycles. The molecule has 31 heavy (non-hydrogen) atoms. The third kappa shape index (κ3) is 7.09. The number of carbonyl (C=O) groups excluding carboxylic acids is 2. The average Bonchev–Trinajstić information content (AvgIpc) is 2.78. The third-order valence-electron chi connectivity index (χ3n) is 6.05. The zero-order valence-electron chi connectivity index (χ0n) is 19.3. The lowest BCUT2D eigenvalue weighted by Crippen LogP contribution is -2.29. The van der Waals surface area contributed by atoms with Crippen LogP contribution in [0.4, 0.5) is 0 Å². The highest BCUT2D eigenvalue weighted by atomic mass is 16.5. The Morgan fingerprint density at radius 1 is 0.935 bits per heavy atom. The second-order valence-electron chi connectivity index (χ2n) is 8.83. The highest BCUT2D eigenvalue weighted by molar-refractivity contribution is 5.88. The van der Waals surface area contributed by atoms with Crippen molar-refractivity contribution in [1.29, 1.82) is 0 Å². The second kappa shape index (κ2) is 10.9. The van der Waals surface area contributed by atoms with Crippen molar-refractivity contribution in [2.75, 3.05) is 7.11 Å². The van der Waals surface area contributed by atoms with Crippen LogP contribution in [0.3, 0.4) is 0 Å². The number of hydrogen-bond donors (Lipinski definition) is 0. The Morgan fingerprint density at radius 2 is 1.58 bits per heavy atom. The van der Waals surface area contributed by atoms with Gasteiger partial charge in [0.15, 0.2) is 0 Å². The highest BCUT2D eigenvalue weighted by Crippen LogP contribution is 2.35. The van der Waals surface area contributed by atoms with Crippen LogP contribution in [0.5, 0.6) is 5.75 Å². The van der Waals surface area contributed by atoms with Crippen molar-refractivity contribution >= 4 is 18.0 Å². The van der Waals surface area contributed by atoms with E-state index in [9.17, 15) is 9.59 Å². The Labute approximate surface area is 186 Å². The number of hydrogen-bond acceptors (Lipinski definition) is 4. The molecule has 0 fully saturated rings. The molecule has 4 heteroatoms. The fraction of sp³-hybridized carbons (Fsp3) is 0.407. The molecule has 2 rings (SSSR count). The predicted octanol–water partition coefficient (Wildman–Crippen LogP) is 6.34. The molecule has 0 aliphatic carbocycles. The summed E-state index contributed by atoms with van der Waals surface area (Å²) in [6.45, 7) is 8.38. The van der Waals surface area contributed by atoms with Crippen LogP contribution in [0, 0.1) is 5.41 Å². The number of carbonyl (C=O) groups is 2. The second-order valence-corrected chi connectivity index (χ2v) is 8.83. The minimum absolute atomic E-state index is 0.0550. The number of benzene rings is 2. The molecule has 2 aromatic rings. The van der Waals surface area contributed by atoms with Gasteiger partial charge in [-0.1, -0.05) is 69.7 Å². The molecule has 0 saturated carbocycles. The molecule has 1 atom stereocenters. The van der Waals surface area contributed by atoms with Gasteiger partial charge in [0.1, 0.15) is 5.75 Å². The zero-order chi connectivity index (χ0) is 22.9. The Hall–Kier alpha value is -2.88. The predicted molar refractivity (Wildman–Crippen MR) is 125 cm³/mol. The van der Waals surface area contributed by atoms with Gasteiger partial charge >= 0.3 is 11.9 Å². The lowest BCUT2D eigenvalue weighted by Gasteiger charge is -2.29. The largest absolute Gasteiger partial charge is 0.469 e. The van der Waals surface area contributed by atoms with E-state index in [0.29, 0.717) is 5.75 Å². The summed E-state index contributed by atoms with van der Waals surface area (Å²) >= 11 is 0. The molecule has 0 heterocycles. The average molecular weight is 423 g/mol. The van der Waals surface area contributed by atoms with Crippen molar-refractivity contribution in [3.8, 4) is 5.75 Å². The topological polar surface area (TPSA) is 52.6 Å². The molecule has 0 aliphatic rings. The number of ether oxygens (including phenoxy) is 2. The zero-order valence-corrected chi connectivity index (χ0v) is 19.3. The first kappa shape index (κ1) is 24.4. The van der Waals surface area contributed by atoms with Crippen LogP contribution in [0.2, 0.25) is 0 Å². The summed E-state index contributed by atoms with van der Waals surface area (Å²) < 4.78 is 10.4. The summed E-state index contributed by atoms with van der Waals surface area (Å²) in [6, 6.07) is 17.3. The highest BCUT2D eigenvalue weighted by Gasteiger charge is 2.32. The van der Waals surface area contributed by atoms with Crippen LogP contribution in [0.15, 0.2) is 60.7 Å². The molecular formula is C27H34O4. The van der Waals surface area contributed by atoms with Crippen LogP contribution in [0.25, 0.3) is 6.08 Å². The molecule has 1 unspecified atom stereocenters. The Kier molecular flexibility index (Phi) is 8.61. The monoisotopic (exact) mass is 422 g/mol. The summed E-state index contributed by atoms with van der Waals surface area (Å²) in [5.41, 5.74) is 1.63. The van der Waals surface area contributed by atoms with E-state index in [1.165, 1.54) is 18.7 Å². The lowest BCUT2D eigenvalue weighted by atomic mass is 9.76. The first-order valence-electron chi connectivity index (χ1n) is 10.8. The minimum atomic E-state index is -0.434. The quantitative estimate of drug-likeness (QED) is 0.255. The van der Waals surface area contributed by atoms with E-state index in [4.69, 9.17) is 9.47 Å². The minimum Gasteiger partial charge on any atom is -0.469 e. The standard InChI is InChI=1S/C27H34O4/c1-6-27(4,25(29)30-5)20-10-19-26(2,3)22-14-16-23(17-15-22)31-24(28)18-13-21-11-8-7-9-12-21/h7-9,11-18H,6,10,19-20H2,1-5H3/b18-13+. The Balaban J connectivity index is 1.92.